The maximum Gasteiger partial charge on any atom is 0.222 e. The van der Waals surface area contributed by atoms with Gasteiger partial charge in [0, 0.05) is 12.1 Å². The van der Waals surface area contributed by atoms with E-state index >= 15 is 0 Å². The number of hydrogen-bond donors (Lipinski definition) is 2. The average molecular weight is 210 g/mol. The molecule has 3 heteroatoms. The maximum absolute atomic E-state index is 11.2. The van der Waals surface area contributed by atoms with Crippen LogP contribution in [0.2, 0.25) is 0 Å². The van der Waals surface area contributed by atoms with Crippen LogP contribution < -0.4 is 11.1 Å². The van der Waals surface area contributed by atoms with Crippen LogP contribution >= 0.6 is 0 Å². The molecule has 2 aliphatic carbocycles. The predicted molar refractivity (Wildman–Crippen MR) is 60.3 cm³/mol. The summed E-state index contributed by atoms with van der Waals surface area (Å²) in [5.74, 6) is 0.729. The van der Waals surface area contributed by atoms with Crippen LogP contribution in [0.25, 0.3) is 0 Å². The molecule has 3 nitrogen and oxygen atoms in total. The Bertz CT molecular complexity index is 242. The maximum atomic E-state index is 11.2. The van der Waals surface area contributed by atoms with Crippen molar-refractivity contribution in [2.24, 2.45) is 17.6 Å². The molecular weight excluding hydrogens is 188 g/mol. The summed E-state index contributed by atoms with van der Waals surface area (Å²) in [6.07, 6.45) is 7.17. The normalized spacial score (nSPS) is 40.9. The molecule has 2 fully saturated rings. The van der Waals surface area contributed by atoms with Crippen LogP contribution in [0.3, 0.4) is 0 Å². The zero-order valence-electron chi connectivity index (χ0n) is 9.54. The molecule has 4 atom stereocenters. The quantitative estimate of drug-likeness (QED) is 0.740. The van der Waals surface area contributed by atoms with Gasteiger partial charge in [-0.3, -0.25) is 4.79 Å². The number of hydrogen-bond acceptors (Lipinski definition) is 2. The van der Waals surface area contributed by atoms with Crippen molar-refractivity contribution < 1.29 is 4.79 Å². The standard InChI is InChI=1S/C12H22N2O/c1-8-4-2-6-10(8)14-11-7-3-5-9(11)12(13)15/h8-11,14H,2-7H2,1H3,(H2,13,15). The molecule has 0 aliphatic heterocycles. The Balaban J connectivity index is 1.90. The summed E-state index contributed by atoms with van der Waals surface area (Å²) in [5.41, 5.74) is 5.42. The van der Waals surface area contributed by atoms with Gasteiger partial charge in [-0.1, -0.05) is 19.8 Å². The highest BCUT2D eigenvalue weighted by Gasteiger charge is 2.34. The first kappa shape index (κ1) is 10.9. The van der Waals surface area contributed by atoms with E-state index in [2.05, 4.69) is 12.2 Å². The Morgan fingerprint density at radius 1 is 1.13 bits per heavy atom. The van der Waals surface area contributed by atoms with E-state index in [1.807, 2.05) is 0 Å². The van der Waals surface area contributed by atoms with Gasteiger partial charge in [0.2, 0.25) is 5.91 Å². The number of carbonyl (C=O) groups excluding carboxylic acids is 1. The van der Waals surface area contributed by atoms with Crippen LogP contribution in [0.4, 0.5) is 0 Å². The summed E-state index contributed by atoms with van der Waals surface area (Å²) < 4.78 is 0. The molecule has 0 heterocycles. The third-order valence-corrected chi connectivity index (χ3v) is 4.17. The largest absolute Gasteiger partial charge is 0.369 e. The van der Waals surface area contributed by atoms with Crippen LogP contribution in [-0.4, -0.2) is 18.0 Å². The average Bonchev–Trinajstić information content (AvgIpc) is 2.77. The number of rotatable bonds is 3. The predicted octanol–water partition coefficient (Wildman–Crippen LogP) is 1.42. The Kier molecular flexibility index (Phi) is 3.29. The van der Waals surface area contributed by atoms with E-state index in [-0.39, 0.29) is 11.8 Å². The summed E-state index contributed by atoms with van der Waals surface area (Å²) in [7, 11) is 0. The number of amides is 1. The van der Waals surface area contributed by atoms with Crippen molar-refractivity contribution in [3.05, 3.63) is 0 Å². The zero-order chi connectivity index (χ0) is 10.8. The lowest BCUT2D eigenvalue weighted by Gasteiger charge is -2.25. The lowest BCUT2D eigenvalue weighted by atomic mass is 9.99. The number of nitrogens with two attached hydrogens (primary N) is 1. The van der Waals surface area contributed by atoms with E-state index in [1.54, 1.807) is 0 Å². The number of primary amides is 1. The lowest BCUT2D eigenvalue weighted by molar-refractivity contribution is -0.122. The Morgan fingerprint density at radius 3 is 2.40 bits per heavy atom. The highest BCUT2D eigenvalue weighted by atomic mass is 16.1. The molecule has 15 heavy (non-hydrogen) atoms. The van der Waals surface area contributed by atoms with Crippen LogP contribution in [0.5, 0.6) is 0 Å². The van der Waals surface area contributed by atoms with Crippen molar-refractivity contribution >= 4 is 5.91 Å². The molecule has 0 aromatic carbocycles. The molecule has 2 aliphatic rings. The summed E-state index contributed by atoms with van der Waals surface area (Å²) in [6.45, 7) is 2.30. The summed E-state index contributed by atoms with van der Waals surface area (Å²) in [6, 6.07) is 0.975. The molecule has 3 N–H and O–H groups in total. The molecule has 0 aromatic heterocycles. The molecule has 0 radical (unpaired) electrons. The van der Waals surface area contributed by atoms with Gasteiger partial charge in [0.1, 0.15) is 0 Å². The van der Waals surface area contributed by atoms with Gasteiger partial charge in [-0.05, 0) is 31.6 Å². The van der Waals surface area contributed by atoms with Crippen molar-refractivity contribution in [3.63, 3.8) is 0 Å². The van der Waals surface area contributed by atoms with Crippen molar-refractivity contribution in [1.29, 1.82) is 0 Å². The first-order valence-electron chi connectivity index (χ1n) is 6.24. The van der Waals surface area contributed by atoms with E-state index in [0.717, 1.165) is 25.2 Å². The van der Waals surface area contributed by atoms with E-state index in [0.29, 0.717) is 12.1 Å². The van der Waals surface area contributed by atoms with Gasteiger partial charge in [0.05, 0.1) is 5.92 Å². The molecule has 4 unspecified atom stereocenters. The van der Waals surface area contributed by atoms with Gasteiger partial charge >= 0.3 is 0 Å². The third kappa shape index (κ3) is 2.33. The second kappa shape index (κ2) is 4.52. The lowest BCUT2D eigenvalue weighted by Crippen LogP contribution is -2.45. The van der Waals surface area contributed by atoms with Crippen molar-refractivity contribution in [2.75, 3.05) is 0 Å². The summed E-state index contributed by atoms with van der Waals surface area (Å²) in [5, 5.41) is 3.66. The smallest absolute Gasteiger partial charge is 0.222 e. The first-order chi connectivity index (χ1) is 7.18. The second-order valence-corrected chi connectivity index (χ2v) is 5.23. The van der Waals surface area contributed by atoms with Crippen LogP contribution in [0, 0.1) is 11.8 Å². The molecule has 86 valence electrons. The molecule has 2 rings (SSSR count). The van der Waals surface area contributed by atoms with Crippen LogP contribution in [0.1, 0.15) is 45.4 Å². The highest BCUT2D eigenvalue weighted by Crippen LogP contribution is 2.30. The van der Waals surface area contributed by atoms with Gasteiger partial charge in [0.25, 0.3) is 0 Å². The minimum Gasteiger partial charge on any atom is -0.369 e. The first-order valence-corrected chi connectivity index (χ1v) is 6.24. The van der Waals surface area contributed by atoms with Gasteiger partial charge in [-0.25, -0.2) is 0 Å². The fourth-order valence-corrected chi connectivity index (χ4v) is 3.17. The fraction of sp³-hybridized carbons (Fsp3) is 0.917. The monoisotopic (exact) mass is 210 g/mol. The minimum atomic E-state index is -0.115. The van der Waals surface area contributed by atoms with Crippen molar-refractivity contribution in [1.82, 2.24) is 5.32 Å². The van der Waals surface area contributed by atoms with E-state index in [4.69, 9.17) is 5.73 Å². The SMILES string of the molecule is CC1CCCC1NC1CCCC1C(N)=O. The van der Waals surface area contributed by atoms with E-state index in [1.165, 1.54) is 19.3 Å². The Hall–Kier alpha value is -0.570. The van der Waals surface area contributed by atoms with Gasteiger partial charge in [0.15, 0.2) is 0 Å². The minimum absolute atomic E-state index is 0.0813. The zero-order valence-corrected chi connectivity index (χ0v) is 9.54. The highest BCUT2D eigenvalue weighted by molar-refractivity contribution is 5.77. The molecule has 1 amide bonds. The van der Waals surface area contributed by atoms with Crippen molar-refractivity contribution in [2.45, 2.75) is 57.5 Å². The van der Waals surface area contributed by atoms with E-state index in [9.17, 15) is 4.79 Å². The number of carbonyl (C=O) groups is 1. The molecule has 0 spiro atoms. The molecule has 0 saturated heterocycles. The van der Waals surface area contributed by atoms with Gasteiger partial charge in [-0.2, -0.15) is 0 Å². The fourth-order valence-electron chi connectivity index (χ4n) is 3.17. The van der Waals surface area contributed by atoms with Gasteiger partial charge < -0.3 is 11.1 Å². The summed E-state index contributed by atoms with van der Waals surface area (Å²) in [4.78, 5) is 11.2. The van der Waals surface area contributed by atoms with Crippen LogP contribution in [-0.2, 0) is 4.79 Å². The van der Waals surface area contributed by atoms with Crippen LogP contribution in [0.15, 0.2) is 0 Å². The molecule has 2 saturated carbocycles. The molecular formula is C12H22N2O. The third-order valence-electron chi connectivity index (χ3n) is 4.17. The molecule has 0 bridgehead atoms. The summed E-state index contributed by atoms with van der Waals surface area (Å²) >= 11 is 0. The molecule has 0 aromatic rings. The van der Waals surface area contributed by atoms with Gasteiger partial charge in [-0.15, -0.1) is 0 Å². The van der Waals surface area contributed by atoms with E-state index < -0.39 is 0 Å². The van der Waals surface area contributed by atoms with Crippen molar-refractivity contribution in [3.8, 4) is 0 Å². The Labute approximate surface area is 91.8 Å². The Morgan fingerprint density at radius 2 is 1.80 bits per heavy atom. The number of nitrogens with one attached hydrogen (secondary N) is 1. The second-order valence-electron chi connectivity index (χ2n) is 5.23. The topological polar surface area (TPSA) is 55.1 Å².